The van der Waals surface area contributed by atoms with Gasteiger partial charge in [-0.05, 0) is 62.0 Å². The Kier molecular flexibility index (Phi) is 22.7. The van der Waals surface area contributed by atoms with Crippen molar-refractivity contribution in [1.29, 1.82) is 0 Å². The maximum atomic E-state index is 14.5. The van der Waals surface area contributed by atoms with Crippen LogP contribution in [-0.2, 0) is 39.9 Å². The van der Waals surface area contributed by atoms with E-state index in [9.17, 15) is 34.2 Å². The normalized spacial score (nSPS) is 18.4. The zero-order valence-electron chi connectivity index (χ0n) is 38.3. The standard InChI is InChI=1S/C45H78N6O9/c1-12-30(6)40(50(9)44(56)38(28(2)3)48-43(55)39(29(4)5)49(8)36(52)23-17-14-18-24-46)35(59-10)27-37(53)51-25-19-22-34(51)41(60-11)31(7)42(54)47-33(45(57)58)26-32-20-15-13-16-21-32/h13,15-16,20-21,28-31,33-35,38-41,45,57-58H,12,14,17-19,22-27,46H2,1-11H3,(H,47,54)(H,48,55)/t30?,31?,33?,34-,35?,38-,39?,40?,41?/m0/s1. The molecule has 0 saturated carbocycles. The minimum atomic E-state index is -1.79. The van der Waals surface area contributed by atoms with Crippen LogP contribution < -0.4 is 16.4 Å². The van der Waals surface area contributed by atoms with Crippen LogP contribution in [0.25, 0.3) is 0 Å². The molecule has 15 heteroatoms. The Hall–Kier alpha value is -3.63. The van der Waals surface area contributed by atoms with Crippen LogP contribution >= 0.6 is 0 Å². The van der Waals surface area contributed by atoms with E-state index in [0.717, 1.165) is 18.4 Å². The molecule has 1 heterocycles. The fraction of sp³-hybridized carbons (Fsp3) is 0.756. The van der Waals surface area contributed by atoms with Crippen LogP contribution in [-0.4, -0.2) is 145 Å². The number of benzene rings is 1. The van der Waals surface area contributed by atoms with Gasteiger partial charge in [0.2, 0.25) is 29.5 Å². The van der Waals surface area contributed by atoms with Gasteiger partial charge in [-0.15, -0.1) is 0 Å². The molecule has 7 unspecified atom stereocenters. The van der Waals surface area contributed by atoms with Gasteiger partial charge in [-0.2, -0.15) is 0 Å². The van der Waals surface area contributed by atoms with Crippen LogP contribution in [0.3, 0.4) is 0 Å². The summed E-state index contributed by atoms with van der Waals surface area (Å²) in [5.74, 6) is -2.84. The van der Waals surface area contributed by atoms with Gasteiger partial charge in [0.1, 0.15) is 12.1 Å². The van der Waals surface area contributed by atoms with Gasteiger partial charge in [-0.1, -0.05) is 91.6 Å². The first-order valence-electron chi connectivity index (χ1n) is 21.9. The van der Waals surface area contributed by atoms with E-state index in [0.29, 0.717) is 45.2 Å². The number of likely N-dealkylation sites (N-methyl/N-ethyl adjacent to an activating group) is 2. The third-order valence-corrected chi connectivity index (χ3v) is 12.3. The lowest BCUT2D eigenvalue weighted by atomic mass is 9.89. The fourth-order valence-corrected chi connectivity index (χ4v) is 8.55. The molecule has 1 aliphatic heterocycles. The zero-order chi connectivity index (χ0) is 45.3. The first kappa shape index (κ1) is 52.5. The SMILES string of the molecule is CCC(C)C(C(CC(=O)N1CCC[C@H]1C(OC)C(C)C(=O)NC(Cc1ccccc1)C(O)O)OC)N(C)C(=O)[C@@H](NC(=O)C(C(C)C)N(C)C(=O)CCCCCN)C(C)C. The molecule has 1 aliphatic rings. The first-order chi connectivity index (χ1) is 28.4. The number of hydrogen-bond acceptors (Lipinski definition) is 10. The molecule has 2 rings (SSSR count). The molecular formula is C45H78N6O9. The quantitative estimate of drug-likeness (QED) is 0.0681. The number of carbonyl (C=O) groups is 5. The Balaban J connectivity index is 2.27. The molecule has 1 saturated heterocycles. The second kappa shape index (κ2) is 26.0. The summed E-state index contributed by atoms with van der Waals surface area (Å²) in [6.45, 7) is 14.2. The van der Waals surface area contributed by atoms with E-state index in [2.05, 4.69) is 10.6 Å². The minimum absolute atomic E-state index is 0.0428. The average Bonchev–Trinajstić information content (AvgIpc) is 3.70. The molecule has 0 spiro atoms. The third kappa shape index (κ3) is 14.8. The fourth-order valence-electron chi connectivity index (χ4n) is 8.55. The van der Waals surface area contributed by atoms with Crippen molar-refractivity contribution >= 4 is 29.5 Å². The lowest BCUT2D eigenvalue weighted by Gasteiger charge is -2.41. The van der Waals surface area contributed by atoms with Gasteiger partial charge in [-0.3, -0.25) is 24.0 Å². The molecule has 1 fully saturated rings. The molecule has 342 valence electrons. The number of aliphatic hydroxyl groups excluding tert-OH is 1. The average molecular weight is 847 g/mol. The third-order valence-electron chi connectivity index (χ3n) is 12.3. The van der Waals surface area contributed by atoms with Crippen molar-refractivity contribution in [3.8, 4) is 0 Å². The Morgan fingerprint density at radius 3 is 2.07 bits per heavy atom. The van der Waals surface area contributed by atoms with E-state index in [1.807, 2.05) is 71.9 Å². The van der Waals surface area contributed by atoms with Gasteiger partial charge in [0.25, 0.3) is 0 Å². The number of unbranched alkanes of at least 4 members (excludes halogenated alkanes) is 2. The summed E-state index contributed by atoms with van der Waals surface area (Å²) in [4.78, 5) is 74.2. The van der Waals surface area contributed by atoms with E-state index < -0.39 is 66.4 Å². The van der Waals surface area contributed by atoms with Crippen LogP contribution in [0.5, 0.6) is 0 Å². The Morgan fingerprint density at radius 1 is 0.883 bits per heavy atom. The van der Waals surface area contributed by atoms with E-state index in [-0.39, 0.29) is 48.3 Å². The van der Waals surface area contributed by atoms with Crippen molar-refractivity contribution in [2.45, 2.75) is 155 Å². The number of carbonyl (C=O) groups excluding carboxylic acids is 5. The maximum absolute atomic E-state index is 14.5. The number of amides is 5. The lowest BCUT2D eigenvalue weighted by molar-refractivity contribution is -0.149. The van der Waals surface area contributed by atoms with E-state index in [1.165, 1.54) is 19.1 Å². The molecule has 1 aromatic rings. The predicted octanol–water partition coefficient (Wildman–Crippen LogP) is 3.09. The molecule has 0 aromatic heterocycles. The number of nitrogens with zero attached hydrogens (tertiary/aromatic N) is 3. The molecule has 9 atom stereocenters. The minimum Gasteiger partial charge on any atom is -0.379 e. The van der Waals surface area contributed by atoms with Crippen LogP contribution in [0.1, 0.15) is 105 Å². The van der Waals surface area contributed by atoms with Gasteiger partial charge in [0.15, 0.2) is 6.29 Å². The molecule has 0 radical (unpaired) electrons. The topological polar surface area (TPSA) is 204 Å². The number of nitrogens with one attached hydrogen (secondary N) is 2. The molecule has 0 aliphatic carbocycles. The smallest absolute Gasteiger partial charge is 0.245 e. The molecule has 60 heavy (non-hydrogen) atoms. The number of methoxy groups -OCH3 is 2. The van der Waals surface area contributed by atoms with Crippen molar-refractivity contribution < 1.29 is 43.7 Å². The molecule has 0 bridgehead atoms. The Bertz CT molecular complexity index is 1480. The number of nitrogens with two attached hydrogens (primary N) is 1. The summed E-state index contributed by atoms with van der Waals surface area (Å²) < 4.78 is 11.9. The number of rotatable bonds is 26. The molecule has 6 N–H and O–H groups in total. The number of aliphatic hydroxyl groups is 2. The highest BCUT2D eigenvalue weighted by atomic mass is 16.5. The van der Waals surface area contributed by atoms with Crippen LogP contribution in [0, 0.1) is 23.7 Å². The summed E-state index contributed by atoms with van der Waals surface area (Å²) in [7, 11) is 6.34. The summed E-state index contributed by atoms with van der Waals surface area (Å²) in [5, 5.41) is 26.0. The van der Waals surface area contributed by atoms with Crippen molar-refractivity contribution in [3.05, 3.63) is 35.9 Å². The van der Waals surface area contributed by atoms with Gasteiger partial charge in [0.05, 0.1) is 42.7 Å². The van der Waals surface area contributed by atoms with Crippen molar-refractivity contribution in [2.75, 3.05) is 41.4 Å². The number of hydrogen-bond donors (Lipinski definition) is 5. The molecule has 15 nitrogen and oxygen atoms in total. The van der Waals surface area contributed by atoms with Gasteiger partial charge in [-0.25, -0.2) is 0 Å². The van der Waals surface area contributed by atoms with E-state index in [4.69, 9.17) is 15.2 Å². The zero-order valence-corrected chi connectivity index (χ0v) is 38.3. The monoisotopic (exact) mass is 847 g/mol. The summed E-state index contributed by atoms with van der Waals surface area (Å²) >= 11 is 0. The van der Waals surface area contributed by atoms with Crippen molar-refractivity contribution in [3.63, 3.8) is 0 Å². The second-order valence-corrected chi connectivity index (χ2v) is 17.3. The summed E-state index contributed by atoms with van der Waals surface area (Å²) in [5.41, 5.74) is 6.44. The molecule has 5 amide bonds. The first-order valence-corrected chi connectivity index (χ1v) is 21.9. The summed E-state index contributed by atoms with van der Waals surface area (Å²) in [6.07, 6.45) is 1.62. The predicted molar refractivity (Wildman–Crippen MR) is 232 cm³/mol. The van der Waals surface area contributed by atoms with Crippen LogP contribution in [0.15, 0.2) is 30.3 Å². The second-order valence-electron chi connectivity index (χ2n) is 17.3. The van der Waals surface area contributed by atoms with E-state index in [1.54, 1.807) is 30.8 Å². The highest BCUT2D eigenvalue weighted by Crippen LogP contribution is 2.30. The largest absolute Gasteiger partial charge is 0.379 e. The number of ether oxygens (including phenoxy) is 2. The van der Waals surface area contributed by atoms with Crippen molar-refractivity contribution in [1.82, 2.24) is 25.3 Å². The number of likely N-dealkylation sites (tertiary alicyclic amines) is 1. The van der Waals surface area contributed by atoms with Gasteiger partial charge < -0.3 is 50.8 Å². The summed E-state index contributed by atoms with van der Waals surface area (Å²) in [6, 6.07) is 5.62. The van der Waals surface area contributed by atoms with E-state index >= 15 is 0 Å². The molecular weight excluding hydrogens is 769 g/mol. The van der Waals surface area contributed by atoms with Crippen LogP contribution in [0.4, 0.5) is 0 Å². The van der Waals surface area contributed by atoms with Gasteiger partial charge in [0, 0.05) is 41.3 Å². The Morgan fingerprint density at radius 2 is 1.53 bits per heavy atom. The maximum Gasteiger partial charge on any atom is 0.245 e. The van der Waals surface area contributed by atoms with Crippen LogP contribution in [0.2, 0.25) is 0 Å². The lowest BCUT2D eigenvalue weighted by Crippen LogP contribution is -2.60. The van der Waals surface area contributed by atoms with Gasteiger partial charge >= 0.3 is 0 Å². The molecule has 1 aromatic carbocycles. The Labute approximate surface area is 359 Å². The highest BCUT2D eigenvalue weighted by molar-refractivity contribution is 5.92. The highest BCUT2D eigenvalue weighted by Gasteiger charge is 2.43. The van der Waals surface area contributed by atoms with Crippen molar-refractivity contribution in [2.24, 2.45) is 29.4 Å².